The van der Waals surface area contributed by atoms with Gasteiger partial charge in [-0.15, -0.1) is 0 Å². The highest BCUT2D eigenvalue weighted by atomic mass is 16.5. The molecule has 3 amide bonds. The Morgan fingerprint density at radius 2 is 1.86 bits per heavy atom. The number of methoxy groups -OCH3 is 1. The fourth-order valence-electron chi connectivity index (χ4n) is 4.14. The first-order valence-corrected chi connectivity index (χ1v) is 10.9. The highest BCUT2D eigenvalue weighted by Gasteiger charge is 2.21. The van der Waals surface area contributed by atoms with Crippen molar-refractivity contribution in [3.63, 3.8) is 0 Å². The first kappa shape index (κ1) is 21.4. The van der Waals surface area contributed by atoms with Gasteiger partial charge in [-0.3, -0.25) is 4.79 Å². The lowest BCUT2D eigenvalue weighted by atomic mass is 9.96. The lowest BCUT2D eigenvalue weighted by Gasteiger charge is -2.24. The van der Waals surface area contributed by atoms with Gasteiger partial charge in [-0.05, 0) is 50.3 Å². The van der Waals surface area contributed by atoms with E-state index in [1.807, 2.05) is 12.1 Å². The molecular weight excluding hydrogens is 368 g/mol. The Hall–Kier alpha value is -2.28. The van der Waals surface area contributed by atoms with Crippen LogP contribution in [0.5, 0.6) is 0 Å². The molecule has 0 radical (unpaired) electrons. The molecule has 0 atom stereocenters. The van der Waals surface area contributed by atoms with Crippen molar-refractivity contribution < 1.29 is 14.3 Å². The second-order valence-electron chi connectivity index (χ2n) is 7.96. The van der Waals surface area contributed by atoms with Crippen molar-refractivity contribution in [2.24, 2.45) is 0 Å². The molecule has 1 aliphatic heterocycles. The number of carbonyl (C=O) groups excluding carboxylic acids is 2. The number of anilines is 2. The van der Waals surface area contributed by atoms with Crippen molar-refractivity contribution in [2.75, 3.05) is 43.6 Å². The Bertz CT molecular complexity index is 683. The summed E-state index contributed by atoms with van der Waals surface area (Å²) >= 11 is 0. The second kappa shape index (κ2) is 11.0. The lowest BCUT2D eigenvalue weighted by Crippen LogP contribution is -2.39. The molecule has 3 rings (SSSR count). The van der Waals surface area contributed by atoms with Crippen LogP contribution in [0, 0.1) is 0 Å². The van der Waals surface area contributed by atoms with Gasteiger partial charge in [0.25, 0.3) is 5.91 Å². The van der Waals surface area contributed by atoms with Crippen molar-refractivity contribution in [3.8, 4) is 0 Å². The van der Waals surface area contributed by atoms with E-state index >= 15 is 0 Å². The molecule has 1 saturated heterocycles. The number of amides is 3. The Kier molecular flexibility index (Phi) is 8.16. The summed E-state index contributed by atoms with van der Waals surface area (Å²) in [7, 11) is 1.65. The standard InChI is InChI=1S/C22H34N4O3/c1-29-15-7-12-23-21(27)19-16-18(10-11-20(19)26-13-5-6-14-26)25-22(28)24-17-8-3-2-4-9-17/h10-11,16-17H,2-9,12-15H2,1H3,(H,23,27)(H2,24,25,28). The number of nitrogens with zero attached hydrogens (tertiary/aromatic N) is 1. The third kappa shape index (κ3) is 6.35. The van der Waals surface area contributed by atoms with Crippen molar-refractivity contribution in [3.05, 3.63) is 23.8 Å². The summed E-state index contributed by atoms with van der Waals surface area (Å²) < 4.78 is 5.05. The normalized spacial score (nSPS) is 17.2. The van der Waals surface area contributed by atoms with Crippen molar-refractivity contribution in [2.45, 2.75) is 57.4 Å². The van der Waals surface area contributed by atoms with Gasteiger partial charge in [0.05, 0.1) is 5.56 Å². The maximum Gasteiger partial charge on any atom is 0.319 e. The monoisotopic (exact) mass is 402 g/mol. The summed E-state index contributed by atoms with van der Waals surface area (Å²) in [5, 5.41) is 8.94. The smallest absolute Gasteiger partial charge is 0.319 e. The van der Waals surface area contributed by atoms with Crippen LogP contribution in [0.1, 0.15) is 61.7 Å². The summed E-state index contributed by atoms with van der Waals surface area (Å²) in [6.45, 7) is 3.09. The largest absolute Gasteiger partial charge is 0.385 e. The van der Waals surface area contributed by atoms with Crippen LogP contribution in [0.3, 0.4) is 0 Å². The Balaban J connectivity index is 1.67. The third-order valence-electron chi connectivity index (χ3n) is 5.70. The van der Waals surface area contributed by atoms with Crippen LogP contribution in [0.4, 0.5) is 16.2 Å². The van der Waals surface area contributed by atoms with Gasteiger partial charge in [0.2, 0.25) is 0 Å². The SMILES string of the molecule is COCCCNC(=O)c1cc(NC(=O)NC2CCCCC2)ccc1N1CCCC1. The van der Waals surface area contributed by atoms with Gasteiger partial charge in [0, 0.05) is 50.8 Å². The molecular formula is C22H34N4O3. The zero-order chi connectivity index (χ0) is 20.5. The quantitative estimate of drug-likeness (QED) is 0.581. The van der Waals surface area contributed by atoms with Crippen LogP contribution in [0.15, 0.2) is 18.2 Å². The van der Waals surface area contributed by atoms with Crippen LogP contribution in [-0.2, 0) is 4.74 Å². The van der Waals surface area contributed by atoms with E-state index in [1.54, 1.807) is 13.2 Å². The van der Waals surface area contributed by atoms with Crippen molar-refractivity contribution >= 4 is 23.3 Å². The highest BCUT2D eigenvalue weighted by Crippen LogP contribution is 2.27. The number of rotatable bonds is 8. The average Bonchev–Trinajstić information content (AvgIpc) is 3.26. The molecule has 160 valence electrons. The predicted molar refractivity (Wildman–Crippen MR) is 116 cm³/mol. The number of urea groups is 1. The number of nitrogens with one attached hydrogen (secondary N) is 3. The molecule has 3 N–H and O–H groups in total. The van der Waals surface area contributed by atoms with Crippen molar-refractivity contribution in [1.82, 2.24) is 10.6 Å². The molecule has 0 aromatic heterocycles. The second-order valence-corrected chi connectivity index (χ2v) is 7.96. The maximum absolute atomic E-state index is 12.8. The maximum atomic E-state index is 12.8. The third-order valence-corrected chi connectivity index (χ3v) is 5.70. The summed E-state index contributed by atoms with van der Waals surface area (Å²) in [4.78, 5) is 27.5. The van der Waals surface area contributed by atoms with E-state index in [0.29, 0.717) is 24.4 Å². The lowest BCUT2D eigenvalue weighted by molar-refractivity contribution is 0.0949. The molecule has 1 aromatic carbocycles. The Labute approximate surface area is 173 Å². The summed E-state index contributed by atoms with van der Waals surface area (Å²) in [5.74, 6) is -0.112. The molecule has 1 aliphatic carbocycles. The fraction of sp³-hybridized carbons (Fsp3) is 0.636. The van der Waals surface area contributed by atoms with Crippen LogP contribution < -0.4 is 20.9 Å². The molecule has 0 unspecified atom stereocenters. The average molecular weight is 403 g/mol. The fourth-order valence-corrected chi connectivity index (χ4v) is 4.14. The minimum absolute atomic E-state index is 0.112. The molecule has 2 fully saturated rings. The van der Waals surface area contributed by atoms with Gasteiger partial charge in [0.15, 0.2) is 0 Å². The van der Waals surface area contributed by atoms with Gasteiger partial charge < -0.3 is 25.6 Å². The summed E-state index contributed by atoms with van der Waals surface area (Å²) in [5.41, 5.74) is 2.19. The van der Waals surface area contributed by atoms with Crippen LogP contribution in [0.25, 0.3) is 0 Å². The van der Waals surface area contributed by atoms with E-state index in [9.17, 15) is 9.59 Å². The Morgan fingerprint density at radius 3 is 2.59 bits per heavy atom. The molecule has 0 spiro atoms. The minimum Gasteiger partial charge on any atom is -0.385 e. The van der Waals surface area contributed by atoms with E-state index in [0.717, 1.165) is 50.9 Å². The number of ether oxygens (including phenoxy) is 1. The van der Waals surface area contributed by atoms with Gasteiger partial charge in [-0.2, -0.15) is 0 Å². The number of hydrogen-bond acceptors (Lipinski definition) is 4. The zero-order valence-corrected chi connectivity index (χ0v) is 17.5. The molecule has 2 aliphatic rings. The summed E-state index contributed by atoms with van der Waals surface area (Å²) in [6, 6.07) is 5.68. The van der Waals surface area contributed by atoms with Gasteiger partial charge in [-0.1, -0.05) is 19.3 Å². The van der Waals surface area contributed by atoms with E-state index in [-0.39, 0.29) is 18.0 Å². The topological polar surface area (TPSA) is 82.7 Å². The van der Waals surface area contributed by atoms with Gasteiger partial charge in [0.1, 0.15) is 0 Å². The number of benzene rings is 1. The predicted octanol–water partition coefficient (Wildman–Crippen LogP) is 3.51. The van der Waals surface area contributed by atoms with Crippen LogP contribution >= 0.6 is 0 Å². The highest BCUT2D eigenvalue weighted by molar-refractivity contribution is 6.02. The molecule has 1 heterocycles. The first-order valence-electron chi connectivity index (χ1n) is 10.9. The number of carbonyl (C=O) groups is 2. The van der Waals surface area contributed by atoms with Gasteiger partial charge >= 0.3 is 6.03 Å². The van der Waals surface area contributed by atoms with E-state index in [1.165, 1.54) is 19.3 Å². The van der Waals surface area contributed by atoms with E-state index in [4.69, 9.17) is 4.74 Å². The minimum atomic E-state index is -0.197. The van der Waals surface area contributed by atoms with E-state index < -0.39 is 0 Å². The molecule has 7 nitrogen and oxygen atoms in total. The number of hydrogen-bond donors (Lipinski definition) is 3. The van der Waals surface area contributed by atoms with Crippen LogP contribution in [-0.4, -0.2) is 51.3 Å². The van der Waals surface area contributed by atoms with Crippen molar-refractivity contribution in [1.29, 1.82) is 0 Å². The molecule has 1 aromatic rings. The first-order chi connectivity index (χ1) is 14.2. The zero-order valence-electron chi connectivity index (χ0n) is 17.5. The molecule has 1 saturated carbocycles. The summed E-state index contributed by atoms with van der Waals surface area (Å²) in [6.07, 6.45) is 8.71. The molecule has 0 bridgehead atoms. The van der Waals surface area contributed by atoms with Crippen LogP contribution in [0.2, 0.25) is 0 Å². The molecule has 7 heteroatoms. The Morgan fingerprint density at radius 1 is 1.10 bits per heavy atom. The molecule has 29 heavy (non-hydrogen) atoms. The van der Waals surface area contributed by atoms with E-state index in [2.05, 4.69) is 20.9 Å². The van der Waals surface area contributed by atoms with Gasteiger partial charge in [-0.25, -0.2) is 4.79 Å².